The van der Waals surface area contributed by atoms with Gasteiger partial charge in [0.25, 0.3) is 5.91 Å². The lowest BCUT2D eigenvalue weighted by atomic mass is 10.1. The number of anilines is 1. The Labute approximate surface area is 185 Å². The van der Waals surface area contributed by atoms with Gasteiger partial charge in [-0.15, -0.1) is 5.10 Å². The Hall–Kier alpha value is -2.92. The molecule has 2 heterocycles. The molecule has 1 N–H and O–H groups in total. The fraction of sp³-hybridized carbons (Fsp3) is 0.286. The molecule has 32 heavy (non-hydrogen) atoms. The number of hydrogen-bond donors (Lipinski definition) is 1. The maximum absolute atomic E-state index is 13.8. The topological polar surface area (TPSA) is 63.1 Å². The van der Waals surface area contributed by atoms with Crippen LogP contribution in [0.25, 0.3) is 5.69 Å². The summed E-state index contributed by atoms with van der Waals surface area (Å²) in [5.74, 6) is 0.474. The molecule has 1 aliphatic rings. The van der Waals surface area contributed by atoms with Gasteiger partial charge in [-0.2, -0.15) is 24.9 Å². The van der Waals surface area contributed by atoms with Crippen LogP contribution in [-0.2, 0) is 12.7 Å². The lowest BCUT2D eigenvalue weighted by molar-refractivity contribution is -0.143. The maximum Gasteiger partial charge on any atom is 0.435 e. The molecule has 0 radical (unpaired) electrons. The predicted molar refractivity (Wildman–Crippen MR) is 113 cm³/mol. The standard InChI is InChI=1S/C21H19F4N5OS/c22-15-4-6-17(7-5-15)30-19(21(23,24)25)18(27-28-30)20(31)26-16-3-1-2-14(12-16)13-29-8-10-32-11-9-29/h1-7,12H,8-11,13H2,(H,26,31). The first-order chi connectivity index (χ1) is 15.3. The molecule has 1 fully saturated rings. The molecule has 1 aromatic heterocycles. The zero-order chi connectivity index (χ0) is 22.7. The first kappa shape index (κ1) is 22.3. The van der Waals surface area contributed by atoms with Gasteiger partial charge in [-0.1, -0.05) is 17.3 Å². The van der Waals surface area contributed by atoms with Crippen LogP contribution in [-0.4, -0.2) is 50.4 Å². The third-order valence-electron chi connectivity index (χ3n) is 4.92. The number of rotatable bonds is 5. The molecular weight excluding hydrogens is 446 g/mol. The minimum atomic E-state index is -4.90. The van der Waals surface area contributed by atoms with Crippen molar-refractivity contribution in [2.75, 3.05) is 29.9 Å². The zero-order valence-corrected chi connectivity index (χ0v) is 17.6. The van der Waals surface area contributed by atoms with Crippen LogP contribution in [0.1, 0.15) is 21.7 Å². The molecule has 0 spiro atoms. The summed E-state index contributed by atoms with van der Waals surface area (Å²) < 4.78 is 54.9. The van der Waals surface area contributed by atoms with E-state index in [0.29, 0.717) is 16.9 Å². The van der Waals surface area contributed by atoms with Crippen molar-refractivity contribution in [1.29, 1.82) is 0 Å². The fourth-order valence-corrected chi connectivity index (χ4v) is 4.39. The lowest BCUT2D eigenvalue weighted by Crippen LogP contribution is -2.31. The summed E-state index contributed by atoms with van der Waals surface area (Å²) in [6.07, 6.45) is -4.90. The second kappa shape index (κ2) is 9.29. The molecule has 0 unspecified atom stereocenters. The molecular formula is C21H19F4N5OS. The highest BCUT2D eigenvalue weighted by atomic mass is 32.2. The minimum absolute atomic E-state index is 0.0630. The average molecular weight is 465 g/mol. The van der Waals surface area contributed by atoms with Crippen molar-refractivity contribution in [3.63, 3.8) is 0 Å². The highest BCUT2D eigenvalue weighted by Gasteiger charge is 2.42. The summed E-state index contributed by atoms with van der Waals surface area (Å²) >= 11 is 1.90. The van der Waals surface area contributed by atoms with Crippen LogP contribution in [0.5, 0.6) is 0 Å². The van der Waals surface area contributed by atoms with Gasteiger partial charge in [-0.05, 0) is 42.0 Å². The third kappa shape index (κ3) is 5.10. The summed E-state index contributed by atoms with van der Waals surface area (Å²) in [7, 11) is 0. The Kier molecular flexibility index (Phi) is 6.47. The fourth-order valence-electron chi connectivity index (χ4n) is 3.41. The third-order valence-corrected chi connectivity index (χ3v) is 5.86. The quantitative estimate of drug-likeness (QED) is 0.572. The van der Waals surface area contributed by atoms with Gasteiger partial charge in [0, 0.05) is 36.8 Å². The molecule has 0 bridgehead atoms. The van der Waals surface area contributed by atoms with E-state index in [1.807, 2.05) is 17.8 Å². The predicted octanol–water partition coefficient (Wildman–Crippen LogP) is 4.23. The van der Waals surface area contributed by atoms with Crippen LogP contribution >= 0.6 is 11.8 Å². The second-order valence-electron chi connectivity index (χ2n) is 7.22. The Balaban J connectivity index is 1.57. The van der Waals surface area contributed by atoms with Crippen molar-refractivity contribution < 1.29 is 22.4 Å². The van der Waals surface area contributed by atoms with Gasteiger partial charge in [-0.25, -0.2) is 9.07 Å². The number of amides is 1. The number of halogens is 4. The highest BCUT2D eigenvalue weighted by Crippen LogP contribution is 2.33. The number of aromatic nitrogens is 3. The molecule has 168 valence electrons. The smallest absolute Gasteiger partial charge is 0.321 e. The van der Waals surface area contributed by atoms with Gasteiger partial charge in [0.2, 0.25) is 0 Å². The number of alkyl halides is 3. The Morgan fingerprint density at radius 2 is 1.81 bits per heavy atom. The monoisotopic (exact) mass is 465 g/mol. The van der Waals surface area contributed by atoms with Crippen molar-refractivity contribution >= 4 is 23.4 Å². The first-order valence-electron chi connectivity index (χ1n) is 9.80. The van der Waals surface area contributed by atoms with Gasteiger partial charge >= 0.3 is 6.18 Å². The Bertz CT molecular complexity index is 1090. The molecule has 0 atom stereocenters. The van der Waals surface area contributed by atoms with Gasteiger partial charge in [0.1, 0.15) is 5.82 Å². The number of hydrogen-bond acceptors (Lipinski definition) is 5. The molecule has 3 aromatic rings. The number of carbonyl (C=O) groups excluding carboxylic acids is 1. The van der Waals surface area contributed by atoms with Crippen molar-refractivity contribution in [1.82, 2.24) is 19.9 Å². The van der Waals surface area contributed by atoms with E-state index in [2.05, 4.69) is 20.5 Å². The Morgan fingerprint density at radius 1 is 1.09 bits per heavy atom. The number of carbonyl (C=O) groups is 1. The summed E-state index contributed by atoms with van der Waals surface area (Å²) in [6, 6.07) is 11.2. The summed E-state index contributed by atoms with van der Waals surface area (Å²) in [6.45, 7) is 2.62. The van der Waals surface area contributed by atoms with E-state index in [-0.39, 0.29) is 5.69 Å². The summed E-state index contributed by atoms with van der Waals surface area (Å²) in [4.78, 5) is 15.0. The first-order valence-corrected chi connectivity index (χ1v) is 11.0. The molecule has 0 aliphatic carbocycles. The summed E-state index contributed by atoms with van der Waals surface area (Å²) in [5, 5.41) is 9.45. The molecule has 1 amide bonds. The molecule has 2 aromatic carbocycles. The SMILES string of the molecule is O=C(Nc1cccc(CN2CCSCC2)c1)c1nnn(-c2ccc(F)cc2)c1C(F)(F)F. The summed E-state index contributed by atoms with van der Waals surface area (Å²) in [5.41, 5.74) is -0.945. The van der Waals surface area contributed by atoms with E-state index in [0.717, 1.165) is 54.4 Å². The Morgan fingerprint density at radius 3 is 2.50 bits per heavy atom. The van der Waals surface area contributed by atoms with Crippen LogP contribution < -0.4 is 5.32 Å². The van der Waals surface area contributed by atoms with E-state index < -0.39 is 29.3 Å². The normalized spacial score (nSPS) is 15.0. The van der Waals surface area contributed by atoms with Crippen molar-refractivity contribution in [2.45, 2.75) is 12.7 Å². The minimum Gasteiger partial charge on any atom is -0.321 e. The highest BCUT2D eigenvalue weighted by molar-refractivity contribution is 7.99. The molecule has 11 heteroatoms. The van der Waals surface area contributed by atoms with E-state index in [1.165, 1.54) is 0 Å². The molecule has 1 saturated heterocycles. The van der Waals surface area contributed by atoms with E-state index in [1.54, 1.807) is 18.2 Å². The number of benzene rings is 2. The van der Waals surface area contributed by atoms with Gasteiger partial charge < -0.3 is 5.32 Å². The number of nitrogens with zero attached hydrogens (tertiary/aromatic N) is 4. The van der Waals surface area contributed by atoms with Gasteiger partial charge in [0.15, 0.2) is 11.4 Å². The van der Waals surface area contributed by atoms with E-state index in [9.17, 15) is 22.4 Å². The van der Waals surface area contributed by atoms with Crippen LogP contribution in [0.2, 0.25) is 0 Å². The van der Waals surface area contributed by atoms with E-state index in [4.69, 9.17) is 0 Å². The van der Waals surface area contributed by atoms with Crippen LogP contribution in [0.3, 0.4) is 0 Å². The number of thioether (sulfide) groups is 1. The van der Waals surface area contributed by atoms with Crippen LogP contribution in [0, 0.1) is 5.82 Å². The zero-order valence-electron chi connectivity index (χ0n) is 16.8. The van der Waals surface area contributed by atoms with Gasteiger partial charge in [-0.3, -0.25) is 9.69 Å². The molecule has 4 rings (SSSR count). The molecule has 6 nitrogen and oxygen atoms in total. The molecule has 1 aliphatic heterocycles. The van der Waals surface area contributed by atoms with Crippen molar-refractivity contribution in [2.24, 2.45) is 0 Å². The number of nitrogens with one attached hydrogen (secondary N) is 1. The molecule has 0 saturated carbocycles. The van der Waals surface area contributed by atoms with Crippen molar-refractivity contribution in [3.05, 3.63) is 71.3 Å². The van der Waals surface area contributed by atoms with Crippen LogP contribution in [0.4, 0.5) is 23.2 Å². The van der Waals surface area contributed by atoms with Gasteiger partial charge in [0.05, 0.1) is 5.69 Å². The average Bonchev–Trinajstić information content (AvgIpc) is 3.21. The van der Waals surface area contributed by atoms with Crippen LogP contribution in [0.15, 0.2) is 48.5 Å². The second-order valence-corrected chi connectivity index (χ2v) is 8.44. The largest absolute Gasteiger partial charge is 0.435 e. The lowest BCUT2D eigenvalue weighted by Gasteiger charge is -2.26. The maximum atomic E-state index is 13.8. The van der Waals surface area contributed by atoms with Crippen molar-refractivity contribution in [3.8, 4) is 5.69 Å². The van der Waals surface area contributed by atoms with E-state index >= 15 is 0 Å².